The largest absolute Gasteiger partial charge is 0.480 e. The van der Waals surface area contributed by atoms with Crippen LogP contribution in [0, 0.1) is 0 Å². The van der Waals surface area contributed by atoms with Crippen LogP contribution >= 0.6 is 23.1 Å². The normalized spacial score (nSPS) is 11.1. The van der Waals surface area contributed by atoms with Crippen LogP contribution in [-0.2, 0) is 0 Å². The maximum Gasteiger partial charge on any atom is 0.410 e. The first-order valence-corrected chi connectivity index (χ1v) is 8.60. The Labute approximate surface area is 148 Å². The molecule has 0 saturated carbocycles. The number of benzene rings is 1. The van der Waals surface area contributed by atoms with E-state index in [0.717, 1.165) is 15.1 Å². The Morgan fingerprint density at radius 1 is 1.32 bits per heavy atom. The summed E-state index contributed by atoms with van der Waals surface area (Å²) in [4.78, 5) is 15.8. The lowest BCUT2D eigenvalue weighted by Gasteiger charge is -2.01. The first-order chi connectivity index (χ1) is 12.1. The molecular formula is C14H10N6O3S2. The number of ether oxygens (including phenoxy) is 1. The average molecular weight is 374 g/mol. The fourth-order valence-electron chi connectivity index (χ4n) is 2.14. The van der Waals surface area contributed by atoms with Gasteiger partial charge in [0.05, 0.1) is 17.3 Å². The van der Waals surface area contributed by atoms with E-state index in [-0.39, 0.29) is 0 Å². The molecule has 25 heavy (non-hydrogen) atoms. The van der Waals surface area contributed by atoms with Gasteiger partial charge in [0.25, 0.3) is 0 Å². The number of hydrogen-bond acceptors (Lipinski definition) is 8. The molecule has 4 rings (SSSR count). The van der Waals surface area contributed by atoms with Gasteiger partial charge < -0.3 is 9.84 Å². The van der Waals surface area contributed by atoms with E-state index in [1.165, 1.54) is 23.1 Å². The summed E-state index contributed by atoms with van der Waals surface area (Å²) in [7, 11) is 1.55. The second-order valence-corrected chi connectivity index (χ2v) is 6.88. The quantitative estimate of drug-likeness (QED) is 0.560. The van der Waals surface area contributed by atoms with Crippen LogP contribution in [0.3, 0.4) is 0 Å². The minimum absolute atomic E-state index is 0.337. The van der Waals surface area contributed by atoms with Crippen molar-refractivity contribution in [3.63, 3.8) is 0 Å². The first kappa shape index (κ1) is 15.6. The molecule has 0 aliphatic carbocycles. The number of carbonyl (C=O) groups is 1. The lowest BCUT2D eigenvalue weighted by Crippen LogP contribution is -2.06. The fourth-order valence-corrected chi connectivity index (χ4v) is 3.94. The molecule has 4 aromatic rings. The van der Waals surface area contributed by atoms with Gasteiger partial charge in [-0.25, -0.2) is 9.78 Å². The van der Waals surface area contributed by atoms with Gasteiger partial charge in [0.2, 0.25) is 11.0 Å². The molecule has 0 spiro atoms. The molecule has 0 aliphatic rings. The molecule has 0 atom stereocenters. The number of amides is 1. The Morgan fingerprint density at radius 3 is 3.00 bits per heavy atom. The van der Waals surface area contributed by atoms with Crippen LogP contribution in [-0.4, -0.2) is 43.1 Å². The Morgan fingerprint density at radius 2 is 2.20 bits per heavy atom. The number of nitrogens with one attached hydrogen (secondary N) is 1. The van der Waals surface area contributed by atoms with Crippen LogP contribution in [0.2, 0.25) is 0 Å². The lowest BCUT2D eigenvalue weighted by atomic mass is 10.3. The third-order valence-electron chi connectivity index (χ3n) is 3.20. The summed E-state index contributed by atoms with van der Waals surface area (Å²) in [5.74, 6) is 0.469. The zero-order valence-electron chi connectivity index (χ0n) is 12.7. The number of methoxy groups -OCH3 is 1. The van der Waals surface area contributed by atoms with Crippen molar-refractivity contribution in [2.45, 2.75) is 10.1 Å². The number of aromatic nitrogens is 5. The van der Waals surface area contributed by atoms with E-state index in [1.807, 2.05) is 18.2 Å². The minimum Gasteiger partial charge on any atom is -0.480 e. The summed E-state index contributed by atoms with van der Waals surface area (Å²) in [6, 6.07) is 9.14. The Balaban J connectivity index is 1.67. The number of carboxylic acid groups (broad SMARTS) is 1. The molecule has 1 amide bonds. The average Bonchev–Trinajstić information content (AvgIpc) is 3.17. The predicted molar refractivity (Wildman–Crippen MR) is 92.7 cm³/mol. The van der Waals surface area contributed by atoms with Gasteiger partial charge in [-0.05, 0) is 36.0 Å². The van der Waals surface area contributed by atoms with E-state index >= 15 is 0 Å². The van der Waals surface area contributed by atoms with Crippen molar-refractivity contribution in [2.75, 3.05) is 12.4 Å². The second kappa shape index (κ2) is 6.18. The maximum absolute atomic E-state index is 10.7. The topological polar surface area (TPSA) is 115 Å². The van der Waals surface area contributed by atoms with Crippen LogP contribution in [0.5, 0.6) is 5.88 Å². The van der Waals surface area contributed by atoms with Gasteiger partial charge in [0, 0.05) is 11.0 Å². The number of anilines is 1. The molecule has 0 bridgehead atoms. The first-order valence-electron chi connectivity index (χ1n) is 6.97. The van der Waals surface area contributed by atoms with Crippen molar-refractivity contribution in [1.82, 2.24) is 24.8 Å². The highest BCUT2D eigenvalue weighted by Crippen LogP contribution is 2.33. The molecular weight excluding hydrogens is 364 g/mol. The van der Waals surface area contributed by atoms with Crippen molar-refractivity contribution < 1.29 is 14.6 Å². The monoisotopic (exact) mass is 374 g/mol. The van der Waals surface area contributed by atoms with E-state index in [0.29, 0.717) is 21.8 Å². The van der Waals surface area contributed by atoms with Crippen LogP contribution in [0.25, 0.3) is 15.9 Å². The highest BCUT2D eigenvalue weighted by Gasteiger charge is 2.12. The van der Waals surface area contributed by atoms with Crippen molar-refractivity contribution in [1.29, 1.82) is 0 Å². The predicted octanol–water partition coefficient (Wildman–Crippen LogP) is 2.98. The number of rotatable bonds is 4. The molecule has 11 heteroatoms. The van der Waals surface area contributed by atoms with Crippen LogP contribution < -0.4 is 10.1 Å². The third-order valence-corrected chi connectivity index (χ3v) is 5.06. The maximum atomic E-state index is 10.7. The number of nitrogens with zero attached hydrogens (tertiary/aromatic N) is 5. The standard InChI is InChI=1S/C14H10N6O3S2/c1-23-11-5-4-10-17-18-13(20(10)19-11)24-7-2-3-8-9(6-7)25-12(15-8)16-14(21)22/h2-6H,1H3,(H,15,16)(H,21,22). The fraction of sp³-hybridized carbons (Fsp3) is 0.0714. The molecule has 0 saturated heterocycles. The molecule has 1 aromatic carbocycles. The molecule has 0 fully saturated rings. The van der Waals surface area contributed by atoms with Gasteiger partial charge in [-0.1, -0.05) is 11.3 Å². The van der Waals surface area contributed by atoms with Gasteiger partial charge in [0.1, 0.15) is 0 Å². The second-order valence-electron chi connectivity index (χ2n) is 4.81. The lowest BCUT2D eigenvalue weighted by molar-refractivity contribution is 0.209. The van der Waals surface area contributed by atoms with E-state index in [9.17, 15) is 4.79 Å². The summed E-state index contributed by atoms with van der Waals surface area (Å²) in [5.41, 5.74) is 1.35. The molecule has 0 unspecified atom stereocenters. The molecule has 3 heterocycles. The van der Waals surface area contributed by atoms with Crippen LogP contribution in [0.4, 0.5) is 9.93 Å². The Kier molecular flexibility index (Phi) is 3.86. The van der Waals surface area contributed by atoms with Crippen LogP contribution in [0.15, 0.2) is 40.4 Å². The molecule has 126 valence electrons. The summed E-state index contributed by atoms with van der Waals surface area (Å²) in [6.07, 6.45) is -1.14. The molecule has 3 aromatic heterocycles. The zero-order chi connectivity index (χ0) is 17.4. The van der Waals surface area contributed by atoms with Gasteiger partial charge in [-0.3, -0.25) is 5.32 Å². The summed E-state index contributed by atoms with van der Waals surface area (Å²) >= 11 is 2.66. The van der Waals surface area contributed by atoms with E-state index < -0.39 is 6.09 Å². The molecule has 2 N–H and O–H groups in total. The van der Waals surface area contributed by atoms with Crippen molar-refractivity contribution in [3.8, 4) is 5.88 Å². The van der Waals surface area contributed by atoms with E-state index in [4.69, 9.17) is 9.84 Å². The smallest absolute Gasteiger partial charge is 0.410 e. The highest BCUT2D eigenvalue weighted by atomic mass is 32.2. The summed E-state index contributed by atoms with van der Waals surface area (Å²) in [6.45, 7) is 0. The van der Waals surface area contributed by atoms with Gasteiger partial charge in [-0.15, -0.1) is 15.3 Å². The highest BCUT2D eigenvalue weighted by molar-refractivity contribution is 7.99. The third kappa shape index (κ3) is 3.06. The Hall–Kier alpha value is -2.92. The van der Waals surface area contributed by atoms with Crippen molar-refractivity contribution >= 4 is 50.2 Å². The van der Waals surface area contributed by atoms with E-state index in [1.54, 1.807) is 23.8 Å². The summed E-state index contributed by atoms with van der Waals surface area (Å²) in [5, 5.41) is 24.5. The summed E-state index contributed by atoms with van der Waals surface area (Å²) < 4.78 is 7.61. The molecule has 9 nitrogen and oxygen atoms in total. The van der Waals surface area contributed by atoms with Crippen LogP contribution in [0.1, 0.15) is 0 Å². The number of thiazole rings is 1. The zero-order valence-corrected chi connectivity index (χ0v) is 14.3. The minimum atomic E-state index is -1.14. The van der Waals surface area contributed by atoms with Gasteiger partial charge in [0.15, 0.2) is 10.8 Å². The van der Waals surface area contributed by atoms with Gasteiger partial charge in [-0.2, -0.15) is 4.52 Å². The molecule has 0 radical (unpaired) electrons. The van der Waals surface area contributed by atoms with Crippen molar-refractivity contribution in [3.05, 3.63) is 30.3 Å². The van der Waals surface area contributed by atoms with E-state index in [2.05, 4.69) is 25.6 Å². The number of fused-ring (bicyclic) bond motifs is 2. The molecule has 0 aliphatic heterocycles. The van der Waals surface area contributed by atoms with Gasteiger partial charge >= 0.3 is 6.09 Å². The number of hydrogen-bond donors (Lipinski definition) is 2. The SMILES string of the molecule is COc1ccc2nnc(Sc3ccc4nc(NC(=O)O)sc4c3)n2n1. The van der Waals surface area contributed by atoms with Crippen molar-refractivity contribution in [2.24, 2.45) is 0 Å². The Bertz CT molecular complexity index is 1090.